The number of nitrogens with one attached hydrogen (secondary N) is 1. The second kappa shape index (κ2) is 5.00. The summed E-state index contributed by atoms with van der Waals surface area (Å²) in [4.78, 5) is 0. The van der Waals surface area contributed by atoms with Gasteiger partial charge in [-0.2, -0.15) is 0 Å². The lowest BCUT2D eigenvalue weighted by Crippen LogP contribution is -1.98. The van der Waals surface area contributed by atoms with E-state index in [-0.39, 0.29) is 15.7 Å². The Morgan fingerprint density at radius 2 is 1.61 bits per heavy atom. The zero-order valence-corrected chi connectivity index (χ0v) is 10.5. The molecule has 0 aliphatic carbocycles. The van der Waals surface area contributed by atoms with Gasteiger partial charge in [-0.1, -0.05) is 23.2 Å². The Kier molecular flexibility index (Phi) is 3.59. The number of nitrogens with two attached hydrogens (primary N) is 1. The van der Waals surface area contributed by atoms with Crippen LogP contribution in [0.15, 0.2) is 30.3 Å². The van der Waals surface area contributed by atoms with Crippen LogP contribution in [-0.4, -0.2) is 0 Å². The second-order valence-corrected chi connectivity index (χ2v) is 4.42. The van der Waals surface area contributed by atoms with Crippen LogP contribution in [0.5, 0.6) is 0 Å². The predicted molar refractivity (Wildman–Crippen MR) is 70.5 cm³/mol. The van der Waals surface area contributed by atoms with Crippen molar-refractivity contribution in [1.82, 2.24) is 0 Å². The number of hydrogen-bond acceptors (Lipinski definition) is 2. The molecule has 6 heteroatoms. The first-order chi connectivity index (χ1) is 8.47. The van der Waals surface area contributed by atoms with Crippen molar-refractivity contribution in [2.75, 3.05) is 11.1 Å². The summed E-state index contributed by atoms with van der Waals surface area (Å²) < 4.78 is 26.3. The summed E-state index contributed by atoms with van der Waals surface area (Å²) in [5, 5.41) is 2.74. The molecule has 3 N–H and O–H groups in total. The van der Waals surface area contributed by atoms with Crippen molar-refractivity contribution >= 4 is 40.3 Å². The number of hydrogen-bond donors (Lipinski definition) is 2. The first-order valence-electron chi connectivity index (χ1n) is 4.94. The minimum absolute atomic E-state index is 0.0343. The highest BCUT2D eigenvalue weighted by Crippen LogP contribution is 2.29. The van der Waals surface area contributed by atoms with E-state index in [1.54, 1.807) is 0 Å². The van der Waals surface area contributed by atoms with Gasteiger partial charge >= 0.3 is 0 Å². The summed E-state index contributed by atoms with van der Waals surface area (Å²) in [6.07, 6.45) is 0. The topological polar surface area (TPSA) is 38.0 Å². The monoisotopic (exact) mass is 288 g/mol. The molecule has 2 aromatic carbocycles. The zero-order chi connectivity index (χ0) is 13.3. The fourth-order valence-corrected chi connectivity index (χ4v) is 1.75. The van der Waals surface area contributed by atoms with Crippen molar-refractivity contribution < 1.29 is 8.78 Å². The molecule has 0 saturated heterocycles. The van der Waals surface area contributed by atoms with Gasteiger partial charge in [-0.3, -0.25) is 0 Å². The maximum absolute atomic E-state index is 13.3. The Labute approximate surface area is 112 Å². The second-order valence-electron chi connectivity index (χ2n) is 3.61. The number of benzene rings is 2. The van der Waals surface area contributed by atoms with Crippen LogP contribution in [0.2, 0.25) is 10.0 Å². The summed E-state index contributed by atoms with van der Waals surface area (Å²) in [7, 11) is 0. The molecular formula is C12H8Cl2F2N2. The van der Waals surface area contributed by atoms with E-state index in [2.05, 4.69) is 5.32 Å². The molecule has 0 aliphatic heterocycles. The lowest BCUT2D eigenvalue weighted by Gasteiger charge is -2.10. The molecular weight excluding hydrogens is 281 g/mol. The van der Waals surface area contributed by atoms with Crippen LogP contribution in [0.4, 0.5) is 25.8 Å². The maximum Gasteiger partial charge on any atom is 0.144 e. The van der Waals surface area contributed by atoms with Gasteiger partial charge < -0.3 is 11.1 Å². The first-order valence-corrected chi connectivity index (χ1v) is 5.69. The Bertz CT molecular complexity index is 603. The average molecular weight is 289 g/mol. The van der Waals surface area contributed by atoms with Crippen LogP contribution in [0, 0.1) is 11.6 Å². The highest BCUT2D eigenvalue weighted by molar-refractivity contribution is 6.31. The van der Waals surface area contributed by atoms with Crippen LogP contribution < -0.4 is 11.1 Å². The molecule has 0 atom stereocenters. The lowest BCUT2D eigenvalue weighted by atomic mass is 10.2. The summed E-state index contributed by atoms with van der Waals surface area (Å²) in [6.45, 7) is 0. The van der Waals surface area contributed by atoms with Gasteiger partial charge in [-0.05, 0) is 24.3 Å². The summed E-state index contributed by atoms with van der Waals surface area (Å²) in [6, 6.07) is 6.50. The van der Waals surface area contributed by atoms with Crippen LogP contribution in [-0.2, 0) is 0 Å². The van der Waals surface area contributed by atoms with Crippen LogP contribution in [0.1, 0.15) is 0 Å². The third-order valence-electron chi connectivity index (χ3n) is 2.29. The van der Waals surface area contributed by atoms with Crippen molar-refractivity contribution in [1.29, 1.82) is 0 Å². The van der Waals surface area contributed by atoms with Gasteiger partial charge in [-0.25, -0.2) is 8.78 Å². The molecule has 0 fully saturated rings. The quantitative estimate of drug-likeness (QED) is 0.793. The van der Waals surface area contributed by atoms with Gasteiger partial charge in [0, 0.05) is 11.8 Å². The molecule has 0 aliphatic rings. The molecule has 0 saturated carbocycles. The lowest BCUT2D eigenvalue weighted by molar-refractivity contribution is 0.628. The minimum Gasteiger partial charge on any atom is -0.397 e. The average Bonchev–Trinajstić information content (AvgIpc) is 2.31. The normalized spacial score (nSPS) is 10.4. The van der Waals surface area contributed by atoms with Crippen molar-refractivity contribution in [2.45, 2.75) is 0 Å². The SMILES string of the molecule is Nc1cc(Cl)c(F)cc1Nc1ccc(F)c(Cl)c1. The number of anilines is 3. The summed E-state index contributed by atoms with van der Waals surface area (Å²) in [5.74, 6) is -1.13. The van der Waals surface area contributed by atoms with E-state index in [0.717, 1.165) is 6.07 Å². The Morgan fingerprint density at radius 1 is 0.944 bits per heavy atom. The molecule has 0 spiro atoms. The molecule has 2 nitrogen and oxygen atoms in total. The van der Waals surface area contributed by atoms with Crippen LogP contribution in [0.25, 0.3) is 0 Å². The Hall–Kier alpha value is -1.52. The number of nitrogen functional groups attached to an aromatic ring is 1. The van der Waals surface area contributed by atoms with Crippen LogP contribution >= 0.6 is 23.2 Å². The highest BCUT2D eigenvalue weighted by Gasteiger charge is 2.07. The van der Waals surface area contributed by atoms with Gasteiger partial charge in [0.15, 0.2) is 0 Å². The first kappa shape index (κ1) is 12.9. The van der Waals surface area contributed by atoms with E-state index in [9.17, 15) is 8.78 Å². The smallest absolute Gasteiger partial charge is 0.144 e. The highest BCUT2D eigenvalue weighted by atomic mass is 35.5. The molecule has 0 bridgehead atoms. The van der Waals surface area contributed by atoms with Crippen molar-refractivity contribution in [3.05, 3.63) is 52.0 Å². The molecule has 2 rings (SSSR count). The van der Waals surface area contributed by atoms with Crippen LogP contribution in [0.3, 0.4) is 0 Å². The molecule has 2 aromatic rings. The third kappa shape index (κ3) is 2.66. The van der Waals surface area contributed by atoms with E-state index in [1.165, 1.54) is 24.3 Å². The van der Waals surface area contributed by atoms with Gasteiger partial charge in [0.05, 0.1) is 21.4 Å². The van der Waals surface area contributed by atoms with E-state index >= 15 is 0 Å². The molecule has 0 amide bonds. The van der Waals surface area contributed by atoms with Crippen molar-refractivity contribution in [3.8, 4) is 0 Å². The molecule has 18 heavy (non-hydrogen) atoms. The van der Waals surface area contributed by atoms with E-state index in [1.807, 2.05) is 0 Å². The molecule has 0 unspecified atom stereocenters. The minimum atomic E-state index is -0.596. The zero-order valence-electron chi connectivity index (χ0n) is 8.98. The third-order valence-corrected chi connectivity index (χ3v) is 2.87. The number of rotatable bonds is 2. The number of halogens is 4. The molecule has 0 aromatic heterocycles. The Morgan fingerprint density at radius 3 is 2.28 bits per heavy atom. The van der Waals surface area contributed by atoms with Crippen molar-refractivity contribution in [2.24, 2.45) is 0 Å². The van der Waals surface area contributed by atoms with Gasteiger partial charge in [-0.15, -0.1) is 0 Å². The van der Waals surface area contributed by atoms with E-state index in [0.29, 0.717) is 11.4 Å². The van der Waals surface area contributed by atoms with Gasteiger partial charge in [0.25, 0.3) is 0 Å². The van der Waals surface area contributed by atoms with E-state index < -0.39 is 11.6 Å². The van der Waals surface area contributed by atoms with Gasteiger partial charge in [0.1, 0.15) is 11.6 Å². The largest absolute Gasteiger partial charge is 0.397 e. The predicted octanol–water partition coefficient (Wildman–Crippen LogP) is 4.60. The fourth-order valence-electron chi connectivity index (χ4n) is 1.40. The summed E-state index contributed by atoms with van der Waals surface area (Å²) >= 11 is 11.2. The van der Waals surface area contributed by atoms with Crippen molar-refractivity contribution in [3.63, 3.8) is 0 Å². The molecule has 0 radical (unpaired) electrons. The molecule has 0 heterocycles. The van der Waals surface area contributed by atoms with E-state index in [4.69, 9.17) is 28.9 Å². The van der Waals surface area contributed by atoms with Gasteiger partial charge in [0.2, 0.25) is 0 Å². The molecule has 94 valence electrons. The standard InChI is InChI=1S/C12H8Cl2F2N2/c13-7-3-6(1-2-9(7)15)18-12-5-10(16)8(14)4-11(12)17/h1-5,18H,17H2. The fraction of sp³-hybridized carbons (Fsp3) is 0. The Balaban J connectivity index is 2.34. The maximum atomic E-state index is 13.3. The summed E-state index contributed by atoms with van der Waals surface area (Å²) in [5.41, 5.74) is 6.79.